The van der Waals surface area contributed by atoms with Gasteiger partial charge < -0.3 is 14.5 Å². The lowest BCUT2D eigenvalue weighted by atomic mass is 10.1. The Hall–Kier alpha value is -2.63. The Morgan fingerprint density at radius 3 is 2.84 bits per heavy atom. The van der Waals surface area contributed by atoms with Crippen molar-refractivity contribution in [1.29, 1.82) is 0 Å². The fourth-order valence-corrected chi connectivity index (χ4v) is 2.96. The van der Waals surface area contributed by atoms with Crippen LogP contribution in [0.15, 0.2) is 42.9 Å². The Balaban J connectivity index is 1.69. The summed E-state index contributed by atoms with van der Waals surface area (Å²) < 4.78 is 5.74. The van der Waals surface area contributed by atoms with Gasteiger partial charge in [0.15, 0.2) is 0 Å². The molecule has 6 heteroatoms. The van der Waals surface area contributed by atoms with Crippen molar-refractivity contribution in [2.24, 2.45) is 0 Å². The number of amides is 1. The van der Waals surface area contributed by atoms with Crippen molar-refractivity contribution in [2.45, 2.75) is 19.8 Å². The molecule has 1 aliphatic rings. The molecule has 0 N–H and O–H groups in total. The minimum absolute atomic E-state index is 0.0349. The van der Waals surface area contributed by atoms with Crippen LogP contribution in [-0.4, -0.2) is 53.6 Å². The Morgan fingerprint density at radius 2 is 2.04 bits per heavy atom. The molecule has 1 saturated heterocycles. The second-order valence-electron chi connectivity index (χ2n) is 6.04. The number of benzene rings is 1. The molecule has 0 saturated carbocycles. The number of carbonyl (C=O) groups is 1. The molecule has 0 aliphatic carbocycles. The highest BCUT2D eigenvalue weighted by Gasteiger charge is 2.23. The van der Waals surface area contributed by atoms with Gasteiger partial charge in [-0.15, -0.1) is 0 Å². The van der Waals surface area contributed by atoms with E-state index < -0.39 is 0 Å². The van der Waals surface area contributed by atoms with Gasteiger partial charge in [-0.05, 0) is 25.0 Å². The molecule has 0 spiro atoms. The van der Waals surface area contributed by atoms with E-state index in [0.717, 1.165) is 38.3 Å². The molecule has 1 amide bonds. The van der Waals surface area contributed by atoms with Crippen molar-refractivity contribution >= 4 is 11.7 Å². The molecule has 0 bridgehead atoms. The third-order valence-electron chi connectivity index (χ3n) is 4.24. The maximum absolute atomic E-state index is 13.0. The molecule has 1 aliphatic heterocycles. The molecule has 0 radical (unpaired) electrons. The first-order valence-corrected chi connectivity index (χ1v) is 8.81. The summed E-state index contributed by atoms with van der Waals surface area (Å²) in [6.45, 7) is 5.69. The van der Waals surface area contributed by atoms with E-state index in [1.807, 2.05) is 29.2 Å². The number of ether oxygens (including phenoxy) is 1. The molecule has 2 heterocycles. The van der Waals surface area contributed by atoms with Crippen molar-refractivity contribution in [3.8, 4) is 5.75 Å². The SMILES string of the molecule is CCCOc1ccccc1C(=O)N1CCCN(c2cnccn2)CC1. The molecule has 2 aromatic rings. The highest BCUT2D eigenvalue weighted by Crippen LogP contribution is 2.21. The summed E-state index contributed by atoms with van der Waals surface area (Å²) in [6, 6.07) is 7.50. The minimum atomic E-state index is 0.0349. The highest BCUT2D eigenvalue weighted by atomic mass is 16.5. The van der Waals surface area contributed by atoms with Crippen LogP contribution < -0.4 is 9.64 Å². The molecule has 132 valence electrons. The van der Waals surface area contributed by atoms with Crippen LogP contribution in [0.3, 0.4) is 0 Å². The number of aromatic nitrogens is 2. The van der Waals surface area contributed by atoms with Gasteiger partial charge in [-0.25, -0.2) is 4.98 Å². The number of rotatable bonds is 5. The van der Waals surface area contributed by atoms with Gasteiger partial charge in [0.25, 0.3) is 5.91 Å². The lowest BCUT2D eigenvalue weighted by Crippen LogP contribution is -2.35. The molecule has 25 heavy (non-hydrogen) atoms. The van der Waals surface area contributed by atoms with E-state index >= 15 is 0 Å². The molecule has 3 rings (SSSR count). The van der Waals surface area contributed by atoms with Crippen LogP contribution in [-0.2, 0) is 0 Å². The smallest absolute Gasteiger partial charge is 0.257 e. The average Bonchev–Trinajstić information content (AvgIpc) is 2.93. The molecule has 1 fully saturated rings. The van der Waals surface area contributed by atoms with Gasteiger partial charge in [0.05, 0.1) is 18.4 Å². The maximum atomic E-state index is 13.0. The van der Waals surface area contributed by atoms with Crippen LogP contribution in [0.5, 0.6) is 5.75 Å². The van der Waals surface area contributed by atoms with Gasteiger partial charge in [0.2, 0.25) is 0 Å². The number of hydrogen-bond acceptors (Lipinski definition) is 5. The Labute approximate surface area is 148 Å². The van der Waals surface area contributed by atoms with E-state index in [1.165, 1.54) is 0 Å². The van der Waals surface area contributed by atoms with Gasteiger partial charge in [0, 0.05) is 38.6 Å². The van der Waals surface area contributed by atoms with Crippen LogP contribution in [0, 0.1) is 0 Å². The average molecular weight is 340 g/mol. The molecule has 0 unspecified atom stereocenters. The van der Waals surface area contributed by atoms with Crippen molar-refractivity contribution in [3.63, 3.8) is 0 Å². The fourth-order valence-electron chi connectivity index (χ4n) is 2.96. The van der Waals surface area contributed by atoms with Crippen LogP contribution in [0.2, 0.25) is 0 Å². The lowest BCUT2D eigenvalue weighted by Gasteiger charge is -2.23. The molecule has 1 aromatic carbocycles. The zero-order valence-electron chi connectivity index (χ0n) is 14.6. The van der Waals surface area contributed by atoms with Crippen molar-refractivity contribution in [3.05, 3.63) is 48.4 Å². The monoisotopic (exact) mass is 340 g/mol. The first kappa shape index (κ1) is 17.2. The standard InChI is InChI=1S/C19H24N4O2/c1-2-14-25-17-7-4-3-6-16(17)19(24)23-11-5-10-22(12-13-23)18-15-20-8-9-21-18/h3-4,6-9,15H,2,5,10-14H2,1H3. The normalized spacial score (nSPS) is 14.9. The quantitative estimate of drug-likeness (QED) is 0.837. The van der Waals surface area contributed by atoms with E-state index in [9.17, 15) is 4.79 Å². The molecule has 1 aromatic heterocycles. The summed E-state index contributed by atoms with van der Waals surface area (Å²) >= 11 is 0. The Bertz CT molecular complexity index is 693. The second kappa shape index (κ2) is 8.46. The van der Waals surface area contributed by atoms with Crippen molar-refractivity contribution < 1.29 is 9.53 Å². The van der Waals surface area contributed by atoms with Crippen LogP contribution in [0.1, 0.15) is 30.1 Å². The summed E-state index contributed by atoms with van der Waals surface area (Å²) in [6.07, 6.45) is 6.96. The topological polar surface area (TPSA) is 58.6 Å². The first-order valence-electron chi connectivity index (χ1n) is 8.81. The van der Waals surface area contributed by atoms with E-state index in [2.05, 4.69) is 21.8 Å². The van der Waals surface area contributed by atoms with Gasteiger partial charge >= 0.3 is 0 Å². The second-order valence-corrected chi connectivity index (χ2v) is 6.04. The van der Waals surface area contributed by atoms with E-state index in [1.54, 1.807) is 18.6 Å². The van der Waals surface area contributed by atoms with E-state index in [-0.39, 0.29) is 5.91 Å². The Kier molecular flexibility index (Phi) is 5.82. The third kappa shape index (κ3) is 4.26. The molecular weight excluding hydrogens is 316 g/mol. The Morgan fingerprint density at radius 1 is 1.16 bits per heavy atom. The largest absolute Gasteiger partial charge is 0.493 e. The summed E-state index contributed by atoms with van der Waals surface area (Å²) in [4.78, 5) is 25.6. The van der Waals surface area contributed by atoms with Crippen LogP contribution in [0.25, 0.3) is 0 Å². The fraction of sp³-hybridized carbons (Fsp3) is 0.421. The predicted octanol–water partition coefficient (Wildman–Crippen LogP) is 2.62. The minimum Gasteiger partial charge on any atom is -0.493 e. The first-order chi connectivity index (χ1) is 12.3. The van der Waals surface area contributed by atoms with E-state index in [0.29, 0.717) is 24.5 Å². The zero-order chi connectivity index (χ0) is 17.5. The zero-order valence-corrected chi connectivity index (χ0v) is 14.6. The van der Waals surface area contributed by atoms with Crippen molar-refractivity contribution in [2.75, 3.05) is 37.7 Å². The van der Waals surface area contributed by atoms with Gasteiger partial charge in [-0.2, -0.15) is 0 Å². The van der Waals surface area contributed by atoms with Crippen LogP contribution in [0.4, 0.5) is 5.82 Å². The van der Waals surface area contributed by atoms with Gasteiger partial charge in [-0.1, -0.05) is 19.1 Å². The number of carbonyl (C=O) groups excluding carboxylic acids is 1. The molecular formula is C19H24N4O2. The van der Waals surface area contributed by atoms with Crippen LogP contribution >= 0.6 is 0 Å². The predicted molar refractivity (Wildman–Crippen MR) is 97.0 cm³/mol. The van der Waals surface area contributed by atoms with Gasteiger partial charge in [0.1, 0.15) is 11.6 Å². The third-order valence-corrected chi connectivity index (χ3v) is 4.24. The summed E-state index contributed by atoms with van der Waals surface area (Å²) in [5.41, 5.74) is 0.643. The summed E-state index contributed by atoms with van der Waals surface area (Å²) in [5, 5.41) is 0. The maximum Gasteiger partial charge on any atom is 0.257 e. The number of hydrogen-bond donors (Lipinski definition) is 0. The summed E-state index contributed by atoms with van der Waals surface area (Å²) in [5.74, 6) is 1.57. The number of anilines is 1. The number of nitrogens with zero attached hydrogens (tertiary/aromatic N) is 4. The molecule has 0 atom stereocenters. The van der Waals surface area contributed by atoms with E-state index in [4.69, 9.17) is 4.74 Å². The van der Waals surface area contributed by atoms with Gasteiger partial charge in [-0.3, -0.25) is 9.78 Å². The number of para-hydroxylation sites is 1. The molecule has 6 nitrogen and oxygen atoms in total. The van der Waals surface area contributed by atoms with Crippen molar-refractivity contribution in [1.82, 2.24) is 14.9 Å². The summed E-state index contributed by atoms with van der Waals surface area (Å²) in [7, 11) is 0. The lowest BCUT2D eigenvalue weighted by molar-refractivity contribution is 0.0762. The highest BCUT2D eigenvalue weighted by molar-refractivity contribution is 5.97.